The van der Waals surface area contributed by atoms with E-state index in [0.717, 1.165) is 11.7 Å². The smallest absolute Gasteiger partial charge is 0.183 e. The van der Waals surface area contributed by atoms with Crippen molar-refractivity contribution in [2.24, 2.45) is 5.92 Å². The average Bonchev–Trinajstić information content (AvgIpc) is 2.35. The van der Waals surface area contributed by atoms with Crippen molar-refractivity contribution in [1.29, 1.82) is 0 Å². The maximum Gasteiger partial charge on any atom is 0.183 e. The zero-order valence-corrected chi connectivity index (χ0v) is 9.60. The predicted octanol–water partition coefficient (Wildman–Crippen LogP) is 3.69. The third kappa shape index (κ3) is 3.78. The first-order valence-electron chi connectivity index (χ1n) is 3.86. The minimum Gasteiger partial charge on any atom is -0.233 e. The molecule has 68 valence electrons. The molecule has 0 aliphatic rings. The first-order chi connectivity index (χ1) is 5.68. The van der Waals surface area contributed by atoms with E-state index in [-0.39, 0.29) is 0 Å². The second-order valence-corrected chi connectivity index (χ2v) is 5.72. The van der Waals surface area contributed by atoms with Gasteiger partial charge in [0.2, 0.25) is 0 Å². The molecular formula is C8H12ClNS2. The van der Waals surface area contributed by atoms with Gasteiger partial charge in [0, 0.05) is 16.8 Å². The van der Waals surface area contributed by atoms with Crippen molar-refractivity contribution in [2.75, 3.05) is 5.75 Å². The number of rotatable bonds is 4. The number of thiazole rings is 1. The second-order valence-electron chi connectivity index (χ2n) is 2.99. The zero-order valence-electron chi connectivity index (χ0n) is 7.21. The summed E-state index contributed by atoms with van der Waals surface area (Å²) >= 11 is 9.21. The summed E-state index contributed by atoms with van der Waals surface area (Å²) < 4.78 is 0.648. The molecular weight excluding hydrogens is 210 g/mol. The molecule has 0 fully saturated rings. The van der Waals surface area contributed by atoms with Gasteiger partial charge in [-0.1, -0.05) is 25.4 Å². The van der Waals surface area contributed by atoms with E-state index >= 15 is 0 Å². The number of nitrogens with zero attached hydrogens (tertiary/aromatic N) is 1. The summed E-state index contributed by atoms with van der Waals surface area (Å²) in [5, 5.41) is 0. The van der Waals surface area contributed by atoms with Gasteiger partial charge in [-0.05, 0) is 11.7 Å². The molecule has 0 amide bonds. The minimum absolute atomic E-state index is 0.648. The van der Waals surface area contributed by atoms with Crippen LogP contribution in [0.1, 0.15) is 18.7 Å². The Morgan fingerprint density at radius 1 is 1.67 bits per heavy atom. The van der Waals surface area contributed by atoms with Crippen LogP contribution in [0.25, 0.3) is 0 Å². The van der Waals surface area contributed by atoms with Crippen LogP contribution in [0.5, 0.6) is 0 Å². The van der Waals surface area contributed by atoms with Crippen LogP contribution in [0, 0.1) is 5.92 Å². The topological polar surface area (TPSA) is 12.9 Å². The highest BCUT2D eigenvalue weighted by Crippen LogP contribution is 2.23. The molecule has 1 nitrogen and oxygen atoms in total. The Balaban J connectivity index is 2.24. The largest absolute Gasteiger partial charge is 0.233 e. The molecule has 0 saturated heterocycles. The normalized spacial score (nSPS) is 11.0. The van der Waals surface area contributed by atoms with Crippen LogP contribution in [0.4, 0.5) is 0 Å². The van der Waals surface area contributed by atoms with Gasteiger partial charge in [0.05, 0.1) is 0 Å². The van der Waals surface area contributed by atoms with Crippen LogP contribution in [0.3, 0.4) is 0 Å². The molecule has 0 saturated carbocycles. The summed E-state index contributed by atoms with van der Waals surface area (Å²) in [6.07, 6.45) is 1.86. The lowest BCUT2D eigenvalue weighted by atomic mass is 10.3. The van der Waals surface area contributed by atoms with Gasteiger partial charge < -0.3 is 0 Å². The molecule has 0 spiro atoms. The molecule has 1 heterocycles. The Morgan fingerprint density at radius 2 is 2.42 bits per heavy atom. The van der Waals surface area contributed by atoms with Gasteiger partial charge in [-0.15, -0.1) is 11.3 Å². The highest BCUT2D eigenvalue weighted by molar-refractivity contribution is 7.98. The summed E-state index contributed by atoms with van der Waals surface area (Å²) in [5.74, 6) is 3.01. The maximum absolute atomic E-state index is 5.70. The zero-order chi connectivity index (χ0) is 8.97. The second kappa shape index (κ2) is 5.10. The fraction of sp³-hybridized carbons (Fsp3) is 0.625. The van der Waals surface area contributed by atoms with E-state index in [0.29, 0.717) is 4.47 Å². The Labute approximate surface area is 86.5 Å². The van der Waals surface area contributed by atoms with E-state index in [1.807, 2.05) is 18.0 Å². The van der Waals surface area contributed by atoms with Gasteiger partial charge >= 0.3 is 0 Å². The lowest BCUT2D eigenvalue weighted by molar-refractivity contribution is 0.750. The van der Waals surface area contributed by atoms with Crippen LogP contribution >= 0.6 is 34.7 Å². The van der Waals surface area contributed by atoms with Crippen molar-refractivity contribution in [3.63, 3.8) is 0 Å². The third-order valence-corrected chi connectivity index (χ3v) is 3.94. The van der Waals surface area contributed by atoms with Crippen LogP contribution in [-0.4, -0.2) is 10.7 Å². The molecule has 1 aromatic rings. The maximum atomic E-state index is 5.70. The summed E-state index contributed by atoms with van der Waals surface area (Å²) in [6, 6.07) is 0. The Kier molecular flexibility index (Phi) is 4.40. The highest BCUT2D eigenvalue weighted by Gasteiger charge is 2.00. The van der Waals surface area contributed by atoms with Crippen molar-refractivity contribution in [2.45, 2.75) is 19.6 Å². The quantitative estimate of drug-likeness (QED) is 0.770. The molecule has 0 atom stereocenters. The monoisotopic (exact) mass is 221 g/mol. The number of hydrogen-bond donors (Lipinski definition) is 0. The van der Waals surface area contributed by atoms with E-state index in [4.69, 9.17) is 11.6 Å². The lowest BCUT2D eigenvalue weighted by Crippen LogP contribution is -1.90. The first kappa shape index (κ1) is 10.4. The van der Waals surface area contributed by atoms with Crippen molar-refractivity contribution in [3.8, 4) is 0 Å². The molecule has 1 rings (SSSR count). The predicted molar refractivity (Wildman–Crippen MR) is 58.1 cm³/mol. The molecule has 12 heavy (non-hydrogen) atoms. The summed E-state index contributed by atoms with van der Waals surface area (Å²) in [6.45, 7) is 4.46. The van der Waals surface area contributed by atoms with E-state index in [1.54, 1.807) is 11.3 Å². The Morgan fingerprint density at radius 3 is 2.92 bits per heavy atom. The molecule has 0 N–H and O–H groups in total. The molecule has 4 heteroatoms. The fourth-order valence-corrected chi connectivity index (χ4v) is 2.87. The molecule has 0 bridgehead atoms. The Hall–Kier alpha value is 0.270. The van der Waals surface area contributed by atoms with E-state index in [1.165, 1.54) is 10.6 Å². The molecule has 1 aromatic heterocycles. The molecule has 0 aromatic carbocycles. The molecule has 0 unspecified atom stereocenters. The summed E-state index contributed by atoms with van der Waals surface area (Å²) in [4.78, 5) is 5.25. The van der Waals surface area contributed by atoms with Crippen LogP contribution in [0.2, 0.25) is 4.47 Å². The lowest BCUT2D eigenvalue weighted by Gasteiger charge is -2.01. The third-order valence-electron chi connectivity index (χ3n) is 1.22. The SMILES string of the molecule is CC(C)CSCc1cnc(Cl)s1. The Bertz CT molecular complexity index is 235. The van der Waals surface area contributed by atoms with Crippen molar-refractivity contribution in [3.05, 3.63) is 15.5 Å². The van der Waals surface area contributed by atoms with Crippen LogP contribution < -0.4 is 0 Å². The highest BCUT2D eigenvalue weighted by atomic mass is 35.5. The van der Waals surface area contributed by atoms with Gasteiger partial charge in [0.15, 0.2) is 4.47 Å². The standard InChI is InChI=1S/C8H12ClNS2/c1-6(2)4-11-5-7-3-10-8(9)12-7/h3,6H,4-5H2,1-2H3. The number of hydrogen-bond acceptors (Lipinski definition) is 3. The van der Waals surface area contributed by atoms with Gasteiger partial charge in [0.25, 0.3) is 0 Å². The van der Waals surface area contributed by atoms with Gasteiger partial charge in [0.1, 0.15) is 0 Å². The van der Waals surface area contributed by atoms with Crippen molar-refractivity contribution >= 4 is 34.7 Å². The van der Waals surface area contributed by atoms with Crippen LogP contribution in [0.15, 0.2) is 6.20 Å². The minimum atomic E-state index is 0.648. The van der Waals surface area contributed by atoms with Gasteiger partial charge in [-0.2, -0.15) is 11.8 Å². The first-order valence-corrected chi connectivity index (χ1v) is 6.21. The van der Waals surface area contributed by atoms with E-state index in [9.17, 15) is 0 Å². The number of halogens is 1. The van der Waals surface area contributed by atoms with Crippen molar-refractivity contribution < 1.29 is 0 Å². The number of aromatic nitrogens is 1. The van der Waals surface area contributed by atoms with Gasteiger partial charge in [-0.3, -0.25) is 0 Å². The van der Waals surface area contributed by atoms with Crippen molar-refractivity contribution in [1.82, 2.24) is 4.98 Å². The van der Waals surface area contributed by atoms with Crippen LogP contribution in [-0.2, 0) is 5.75 Å². The fourth-order valence-electron chi connectivity index (χ4n) is 0.746. The van der Waals surface area contributed by atoms with Gasteiger partial charge in [-0.25, -0.2) is 4.98 Å². The average molecular weight is 222 g/mol. The molecule has 0 aliphatic heterocycles. The molecule has 0 aliphatic carbocycles. The molecule has 0 radical (unpaired) electrons. The van der Waals surface area contributed by atoms with E-state index in [2.05, 4.69) is 18.8 Å². The van der Waals surface area contributed by atoms with E-state index < -0.39 is 0 Å². The summed E-state index contributed by atoms with van der Waals surface area (Å²) in [5.41, 5.74) is 0. The number of thioether (sulfide) groups is 1. The summed E-state index contributed by atoms with van der Waals surface area (Å²) in [7, 11) is 0.